The molecule has 37 heavy (non-hydrogen) atoms. The predicted molar refractivity (Wildman–Crippen MR) is 142 cm³/mol. The lowest BCUT2D eigenvalue weighted by atomic mass is 9.88. The SMILES string of the molecule is C[C@H]1OC(c2ccc(OCCCO)cc2)=N[C@@]1(C/C=C/c1ccccc1)C(=O)NCc1cccc(F)c1. The Morgan fingerprint density at radius 3 is 2.65 bits per heavy atom. The molecule has 0 radical (unpaired) electrons. The molecule has 0 unspecified atom stereocenters. The van der Waals surface area contributed by atoms with Crippen LogP contribution < -0.4 is 10.1 Å². The number of benzene rings is 3. The average Bonchev–Trinajstić information content (AvgIpc) is 3.25. The van der Waals surface area contributed by atoms with E-state index in [0.717, 1.165) is 11.1 Å². The lowest BCUT2D eigenvalue weighted by molar-refractivity contribution is -0.128. The molecular weight excluding hydrogens is 471 g/mol. The maximum absolute atomic E-state index is 13.6. The Morgan fingerprint density at radius 1 is 1.14 bits per heavy atom. The number of hydrogen-bond acceptors (Lipinski definition) is 5. The highest BCUT2D eigenvalue weighted by molar-refractivity contribution is 6.00. The normalized spacial score (nSPS) is 18.9. The van der Waals surface area contributed by atoms with Crippen molar-refractivity contribution in [3.8, 4) is 5.75 Å². The van der Waals surface area contributed by atoms with Crippen LogP contribution in [0.3, 0.4) is 0 Å². The number of aliphatic hydroxyl groups excluding tert-OH is 1. The fraction of sp³-hybridized carbons (Fsp3) is 0.267. The highest BCUT2D eigenvalue weighted by Crippen LogP contribution is 2.33. The molecule has 2 N–H and O–H groups in total. The van der Waals surface area contributed by atoms with Crippen molar-refractivity contribution in [1.82, 2.24) is 5.32 Å². The van der Waals surface area contributed by atoms with Crippen LogP contribution in [0.15, 0.2) is 89.9 Å². The monoisotopic (exact) mass is 502 g/mol. The van der Waals surface area contributed by atoms with E-state index in [2.05, 4.69) is 5.32 Å². The molecule has 0 spiro atoms. The molecule has 1 aliphatic rings. The van der Waals surface area contributed by atoms with Gasteiger partial charge in [0.1, 0.15) is 17.7 Å². The van der Waals surface area contributed by atoms with Crippen molar-refractivity contribution in [1.29, 1.82) is 0 Å². The molecule has 2 atom stereocenters. The van der Waals surface area contributed by atoms with Crippen molar-refractivity contribution in [2.45, 2.75) is 38.0 Å². The minimum atomic E-state index is -1.19. The Hall–Kier alpha value is -3.97. The molecule has 0 aliphatic carbocycles. The van der Waals surface area contributed by atoms with E-state index in [9.17, 15) is 9.18 Å². The van der Waals surface area contributed by atoms with Gasteiger partial charge in [0.05, 0.1) is 6.61 Å². The molecule has 1 heterocycles. The number of hydrogen-bond donors (Lipinski definition) is 2. The van der Waals surface area contributed by atoms with Gasteiger partial charge in [-0.1, -0.05) is 54.6 Å². The molecule has 7 heteroatoms. The largest absolute Gasteiger partial charge is 0.494 e. The number of rotatable bonds is 11. The summed E-state index contributed by atoms with van der Waals surface area (Å²) < 4.78 is 25.3. The highest BCUT2D eigenvalue weighted by Gasteiger charge is 2.49. The molecule has 1 aliphatic heterocycles. The number of carbonyl (C=O) groups excluding carboxylic acids is 1. The van der Waals surface area contributed by atoms with E-state index >= 15 is 0 Å². The first kappa shape index (κ1) is 26.1. The van der Waals surface area contributed by atoms with Crippen LogP contribution in [-0.2, 0) is 16.1 Å². The Morgan fingerprint density at radius 2 is 1.92 bits per heavy atom. The van der Waals surface area contributed by atoms with Gasteiger partial charge in [0.2, 0.25) is 5.90 Å². The van der Waals surface area contributed by atoms with Crippen molar-refractivity contribution in [3.63, 3.8) is 0 Å². The Kier molecular flexibility index (Phi) is 8.69. The second kappa shape index (κ2) is 12.3. The topological polar surface area (TPSA) is 80.2 Å². The molecule has 0 saturated heterocycles. The van der Waals surface area contributed by atoms with E-state index < -0.39 is 11.6 Å². The van der Waals surface area contributed by atoms with Crippen molar-refractivity contribution < 1.29 is 23.8 Å². The van der Waals surface area contributed by atoms with Crippen LogP contribution in [0.1, 0.15) is 36.5 Å². The highest BCUT2D eigenvalue weighted by atomic mass is 19.1. The second-order valence-electron chi connectivity index (χ2n) is 8.88. The molecule has 3 aromatic rings. The Balaban J connectivity index is 1.57. The first-order chi connectivity index (χ1) is 18.0. The third kappa shape index (κ3) is 6.62. The third-order valence-electron chi connectivity index (χ3n) is 6.21. The van der Waals surface area contributed by atoms with Crippen molar-refractivity contribution in [2.24, 2.45) is 4.99 Å². The summed E-state index contributed by atoms with van der Waals surface area (Å²) in [7, 11) is 0. The van der Waals surface area contributed by atoms with Gasteiger partial charge in [0.15, 0.2) is 5.54 Å². The number of nitrogens with one attached hydrogen (secondary N) is 1. The maximum Gasteiger partial charge on any atom is 0.252 e. The van der Waals surface area contributed by atoms with Crippen LogP contribution in [-0.4, -0.2) is 41.8 Å². The predicted octanol–water partition coefficient (Wildman–Crippen LogP) is 4.91. The zero-order valence-electron chi connectivity index (χ0n) is 20.8. The summed E-state index contributed by atoms with van der Waals surface area (Å²) in [4.78, 5) is 18.4. The van der Waals surface area contributed by atoms with Crippen LogP contribution in [0, 0.1) is 5.82 Å². The van der Waals surface area contributed by atoms with Crippen LogP contribution in [0.25, 0.3) is 6.08 Å². The molecule has 192 valence electrons. The minimum Gasteiger partial charge on any atom is -0.494 e. The lowest BCUT2D eigenvalue weighted by Gasteiger charge is -2.27. The van der Waals surface area contributed by atoms with E-state index in [4.69, 9.17) is 19.6 Å². The standard InChI is InChI=1S/C30H31FN2O4/c1-22-30(17-6-11-23-8-3-2-4-9-23,29(35)32-21-24-10-5-12-26(31)20-24)33-28(37-22)25-13-15-27(16-14-25)36-19-7-18-34/h2-6,8-16,20,22,34H,7,17-19,21H2,1H3,(H,32,35)/b11-6+/t22-,30-/m1/s1. The zero-order valence-corrected chi connectivity index (χ0v) is 20.8. The molecule has 0 bridgehead atoms. The summed E-state index contributed by atoms with van der Waals surface area (Å²) in [5.41, 5.74) is 1.22. The number of ether oxygens (including phenoxy) is 2. The van der Waals surface area contributed by atoms with Crippen LogP contribution in [0.2, 0.25) is 0 Å². The smallest absolute Gasteiger partial charge is 0.252 e. The molecule has 0 fully saturated rings. The summed E-state index contributed by atoms with van der Waals surface area (Å²) in [5.74, 6) is 0.409. The van der Waals surface area contributed by atoms with E-state index in [1.807, 2.05) is 73.7 Å². The first-order valence-corrected chi connectivity index (χ1v) is 12.3. The minimum absolute atomic E-state index is 0.0721. The first-order valence-electron chi connectivity index (χ1n) is 12.3. The van der Waals surface area contributed by atoms with Crippen LogP contribution >= 0.6 is 0 Å². The maximum atomic E-state index is 13.6. The van der Waals surface area contributed by atoms with E-state index in [-0.39, 0.29) is 24.9 Å². The number of nitrogens with zero attached hydrogens (tertiary/aromatic N) is 1. The molecule has 0 saturated carbocycles. The van der Waals surface area contributed by atoms with Crippen molar-refractivity contribution in [3.05, 3.63) is 107 Å². The zero-order chi connectivity index (χ0) is 26.1. The second-order valence-corrected chi connectivity index (χ2v) is 8.88. The van der Waals surface area contributed by atoms with Gasteiger partial charge in [-0.25, -0.2) is 9.38 Å². The van der Waals surface area contributed by atoms with Crippen LogP contribution in [0.4, 0.5) is 4.39 Å². The Labute approximate surface area is 216 Å². The van der Waals surface area contributed by atoms with Crippen LogP contribution in [0.5, 0.6) is 5.75 Å². The third-order valence-corrected chi connectivity index (χ3v) is 6.21. The fourth-order valence-electron chi connectivity index (χ4n) is 4.11. The van der Waals surface area contributed by atoms with E-state index in [0.29, 0.717) is 36.7 Å². The number of amides is 1. The number of halogens is 1. The summed E-state index contributed by atoms with van der Waals surface area (Å²) in [6.45, 7) is 2.51. The van der Waals surface area contributed by atoms with Gasteiger partial charge in [0.25, 0.3) is 5.91 Å². The van der Waals surface area contributed by atoms with Gasteiger partial charge in [-0.05, 0) is 54.4 Å². The van der Waals surface area contributed by atoms with Gasteiger partial charge in [0, 0.05) is 31.6 Å². The Bertz CT molecular complexity index is 1240. The van der Waals surface area contributed by atoms with Gasteiger partial charge in [-0.3, -0.25) is 4.79 Å². The molecule has 0 aromatic heterocycles. The van der Waals surface area contributed by atoms with Crippen molar-refractivity contribution in [2.75, 3.05) is 13.2 Å². The van der Waals surface area contributed by atoms with E-state index in [1.54, 1.807) is 12.1 Å². The van der Waals surface area contributed by atoms with Gasteiger partial charge < -0.3 is 19.9 Å². The summed E-state index contributed by atoms with van der Waals surface area (Å²) in [6, 6.07) is 23.3. The number of aliphatic imine (C=N–C) groups is 1. The average molecular weight is 503 g/mol. The summed E-state index contributed by atoms with van der Waals surface area (Å²) >= 11 is 0. The summed E-state index contributed by atoms with van der Waals surface area (Å²) in [5, 5.41) is 11.9. The summed E-state index contributed by atoms with van der Waals surface area (Å²) in [6.07, 6.45) is 4.24. The van der Waals surface area contributed by atoms with Gasteiger partial charge in [-0.2, -0.15) is 0 Å². The van der Waals surface area contributed by atoms with Crippen molar-refractivity contribution >= 4 is 17.9 Å². The molecule has 1 amide bonds. The fourth-order valence-corrected chi connectivity index (χ4v) is 4.11. The van der Waals surface area contributed by atoms with Gasteiger partial charge >= 0.3 is 0 Å². The number of aliphatic hydroxyl groups is 1. The quantitative estimate of drug-likeness (QED) is 0.365. The number of carbonyl (C=O) groups is 1. The van der Waals surface area contributed by atoms with E-state index in [1.165, 1.54) is 12.1 Å². The molecule has 3 aromatic carbocycles. The lowest BCUT2D eigenvalue weighted by Crippen LogP contribution is -2.50. The van der Waals surface area contributed by atoms with Gasteiger partial charge in [-0.15, -0.1) is 0 Å². The molecule has 6 nitrogen and oxygen atoms in total. The molecule has 4 rings (SSSR count). The molecular formula is C30H31FN2O4.